The van der Waals surface area contributed by atoms with Gasteiger partial charge in [-0.15, -0.1) is 0 Å². The molecule has 0 aliphatic heterocycles. The van der Waals surface area contributed by atoms with Crippen LogP contribution in [0, 0.1) is 0 Å². The predicted molar refractivity (Wildman–Crippen MR) is 85.9 cm³/mol. The van der Waals surface area contributed by atoms with E-state index in [0.717, 1.165) is 11.1 Å². The minimum absolute atomic E-state index is 0.632. The van der Waals surface area contributed by atoms with Crippen LogP contribution in [0.1, 0.15) is 0 Å². The Morgan fingerprint density at radius 1 is 0.619 bits per heavy atom. The molecule has 3 aromatic rings. The Morgan fingerprint density at radius 3 is 1.90 bits per heavy atom. The van der Waals surface area contributed by atoms with Crippen molar-refractivity contribution in [3.05, 3.63) is 78.9 Å². The van der Waals surface area contributed by atoms with Crippen LogP contribution in [0.5, 0.6) is 5.75 Å². The fraction of sp³-hybridized carbons (Fsp3) is 0. The smallest absolute Gasteiger partial charge is 0.537 e. The average Bonchev–Trinajstić information content (AvgIpc) is 2.57. The summed E-state index contributed by atoms with van der Waals surface area (Å²) in [6, 6.07) is 26.2. The van der Waals surface area contributed by atoms with Crippen LogP contribution in [0.4, 0.5) is 0 Å². The van der Waals surface area contributed by atoms with Gasteiger partial charge in [0.2, 0.25) is 0 Å². The highest BCUT2D eigenvalue weighted by atomic mass is 16.5. The van der Waals surface area contributed by atoms with Crippen molar-refractivity contribution in [3.8, 4) is 28.0 Å². The predicted octanol–water partition coefficient (Wildman–Crippen LogP) is 3.93. The fourth-order valence-corrected chi connectivity index (χ4v) is 2.34. The molecule has 3 rings (SSSR count). The molecule has 3 aromatic carbocycles. The normalized spacial score (nSPS) is 10.1. The highest BCUT2D eigenvalue weighted by Crippen LogP contribution is 2.31. The maximum Gasteiger partial charge on any atom is 0.569 e. The van der Waals surface area contributed by atoms with Gasteiger partial charge in [-0.3, -0.25) is 0 Å². The first-order valence-electron chi connectivity index (χ1n) is 6.76. The Kier molecular flexibility index (Phi) is 4.03. The van der Waals surface area contributed by atoms with Gasteiger partial charge in [0, 0.05) is 5.56 Å². The molecule has 0 bridgehead atoms. The molecular formula is C18H14BO2. The van der Waals surface area contributed by atoms with Gasteiger partial charge in [0.1, 0.15) is 5.75 Å². The third-order valence-corrected chi connectivity index (χ3v) is 3.37. The molecule has 0 fully saturated rings. The molecule has 0 aromatic heterocycles. The van der Waals surface area contributed by atoms with Crippen LogP contribution in [0.2, 0.25) is 0 Å². The zero-order chi connectivity index (χ0) is 14.5. The van der Waals surface area contributed by atoms with Crippen molar-refractivity contribution in [1.82, 2.24) is 0 Å². The fourth-order valence-electron chi connectivity index (χ4n) is 2.34. The molecule has 1 radical (unpaired) electrons. The van der Waals surface area contributed by atoms with Crippen molar-refractivity contribution in [3.63, 3.8) is 0 Å². The van der Waals surface area contributed by atoms with Gasteiger partial charge in [-0.2, -0.15) is 0 Å². The summed E-state index contributed by atoms with van der Waals surface area (Å²) in [5, 5.41) is 8.84. The molecule has 0 aliphatic carbocycles. The highest BCUT2D eigenvalue weighted by molar-refractivity contribution is 6.17. The highest BCUT2D eigenvalue weighted by Gasteiger charge is 2.06. The van der Waals surface area contributed by atoms with E-state index < -0.39 is 0 Å². The van der Waals surface area contributed by atoms with Gasteiger partial charge in [0.05, 0.1) is 0 Å². The summed E-state index contributed by atoms with van der Waals surface area (Å²) < 4.78 is 5.14. The maximum atomic E-state index is 8.84. The van der Waals surface area contributed by atoms with Crippen LogP contribution in [0.15, 0.2) is 78.9 Å². The van der Waals surface area contributed by atoms with Crippen LogP contribution in [0.25, 0.3) is 22.3 Å². The van der Waals surface area contributed by atoms with Gasteiger partial charge >= 0.3 is 7.69 Å². The molecule has 0 spiro atoms. The monoisotopic (exact) mass is 273 g/mol. The third-order valence-electron chi connectivity index (χ3n) is 3.37. The molecule has 2 nitrogen and oxygen atoms in total. The Balaban J connectivity index is 1.95. The second kappa shape index (κ2) is 6.29. The maximum absolute atomic E-state index is 8.84. The summed E-state index contributed by atoms with van der Waals surface area (Å²) in [5.74, 6) is 0.632. The van der Waals surface area contributed by atoms with Gasteiger partial charge in [0.25, 0.3) is 0 Å². The summed E-state index contributed by atoms with van der Waals surface area (Å²) in [4.78, 5) is 0. The molecule has 0 unspecified atom stereocenters. The van der Waals surface area contributed by atoms with E-state index in [0.29, 0.717) is 13.4 Å². The molecule has 101 valence electrons. The van der Waals surface area contributed by atoms with E-state index in [-0.39, 0.29) is 0 Å². The van der Waals surface area contributed by atoms with Crippen LogP contribution in [-0.2, 0) is 0 Å². The first kappa shape index (κ1) is 13.5. The summed E-state index contributed by atoms with van der Waals surface area (Å²) in [6.07, 6.45) is 0. The molecule has 0 saturated carbocycles. The van der Waals surface area contributed by atoms with Gasteiger partial charge in [-0.25, -0.2) is 0 Å². The van der Waals surface area contributed by atoms with Gasteiger partial charge in [-0.05, 0) is 22.8 Å². The zero-order valence-electron chi connectivity index (χ0n) is 11.4. The van der Waals surface area contributed by atoms with Crippen molar-refractivity contribution in [1.29, 1.82) is 0 Å². The van der Waals surface area contributed by atoms with Crippen LogP contribution >= 0.6 is 0 Å². The average molecular weight is 273 g/mol. The van der Waals surface area contributed by atoms with E-state index in [1.54, 1.807) is 0 Å². The van der Waals surface area contributed by atoms with E-state index in [4.69, 9.17) is 9.68 Å². The summed E-state index contributed by atoms with van der Waals surface area (Å²) in [6.45, 7) is 0. The van der Waals surface area contributed by atoms with Crippen molar-refractivity contribution < 1.29 is 9.68 Å². The third kappa shape index (κ3) is 2.98. The second-order valence-corrected chi connectivity index (χ2v) is 4.66. The first-order chi connectivity index (χ1) is 10.4. The SMILES string of the molecule is O[B]Oc1ccccc1-c1ccc(-c2ccccc2)cc1. The largest absolute Gasteiger partial charge is 0.569 e. The lowest BCUT2D eigenvalue weighted by molar-refractivity contribution is 0.455. The van der Waals surface area contributed by atoms with E-state index in [9.17, 15) is 0 Å². The molecule has 1 N–H and O–H groups in total. The minimum Gasteiger partial charge on any atom is -0.537 e. The van der Waals surface area contributed by atoms with E-state index in [1.807, 2.05) is 42.5 Å². The van der Waals surface area contributed by atoms with Crippen molar-refractivity contribution in [2.45, 2.75) is 0 Å². The lowest BCUT2D eigenvalue weighted by Gasteiger charge is -2.10. The number of benzene rings is 3. The lowest BCUT2D eigenvalue weighted by Crippen LogP contribution is -2.00. The Hall–Kier alpha value is -2.52. The topological polar surface area (TPSA) is 29.5 Å². The molecule has 0 saturated heterocycles. The Bertz CT molecular complexity index is 709. The molecule has 0 amide bonds. The van der Waals surface area contributed by atoms with Gasteiger partial charge in [0.15, 0.2) is 0 Å². The van der Waals surface area contributed by atoms with Gasteiger partial charge in [-0.1, -0.05) is 72.8 Å². The van der Waals surface area contributed by atoms with Crippen LogP contribution in [-0.4, -0.2) is 12.7 Å². The van der Waals surface area contributed by atoms with E-state index >= 15 is 0 Å². The summed E-state index contributed by atoms with van der Waals surface area (Å²) in [5.41, 5.74) is 4.36. The first-order valence-corrected chi connectivity index (χ1v) is 6.76. The van der Waals surface area contributed by atoms with Crippen molar-refractivity contribution >= 4 is 7.69 Å². The minimum atomic E-state index is 0.632. The van der Waals surface area contributed by atoms with E-state index in [1.165, 1.54) is 11.1 Å². The number of hydrogen-bond donors (Lipinski definition) is 1. The van der Waals surface area contributed by atoms with Crippen LogP contribution in [0.3, 0.4) is 0 Å². The van der Waals surface area contributed by atoms with Gasteiger partial charge < -0.3 is 9.68 Å². The molecule has 0 atom stereocenters. The summed E-state index contributed by atoms with van der Waals surface area (Å²) in [7, 11) is 0.706. The Labute approximate surface area is 125 Å². The van der Waals surface area contributed by atoms with Crippen molar-refractivity contribution in [2.75, 3.05) is 0 Å². The molecule has 0 aliphatic rings. The molecule has 21 heavy (non-hydrogen) atoms. The zero-order valence-corrected chi connectivity index (χ0v) is 11.4. The Morgan fingerprint density at radius 2 is 1.19 bits per heavy atom. The quantitative estimate of drug-likeness (QED) is 0.730. The van der Waals surface area contributed by atoms with E-state index in [2.05, 4.69) is 36.4 Å². The number of para-hydroxylation sites is 1. The standard InChI is InChI=1S/C18H14BO2/c20-19-21-18-9-5-4-8-17(18)16-12-10-15(11-13-16)14-6-2-1-3-7-14/h1-13,20H. The van der Waals surface area contributed by atoms with Crippen molar-refractivity contribution in [2.24, 2.45) is 0 Å². The van der Waals surface area contributed by atoms with Crippen LogP contribution < -0.4 is 4.65 Å². The molecule has 0 heterocycles. The number of hydrogen-bond acceptors (Lipinski definition) is 2. The number of rotatable bonds is 4. The summed E-state index contributed by atoms with van der Waals surface area (Å²) >= 11 is 0. The lowest BCUT2D eigenvalue weighted by atomic mass is 10.00. The second-order valence-electron chi connectivity index (χ2n) is 4.66. The molecule has 3 heteroatoms. The molecular weight excluding hydrogens is 259 g/mol.